The van der Waals surface area contributed by atoms with Crippen LogP contribution in [0.2, 0.25) is 0 Å². The smallest absolute Gasteiger partial charge is 0.164 e. The van der Waals surface area contributed by atoms with Gasteiger partial charge in [-0.1, -0.05) is 121 Å². The van der Waals surface area contributed by atoms with Crippen molar-refractivity contribution >= 4 is 53.6 Å². The van der Waals surface area contributed by atoms with Gasteiger partial charge in [0.05, 0.1) is 21.3 Å². The molecule has 0 radical (unpaired) electrons. The van der Waals surface area contributed by atoms with Gasteiger partial charge in [-0.05, 0) is 48.0 Å². The van der Waals surface area contributed by atoms with E-state index in [-0.39, 0.29) is 0 Å². The first-order valence-electron chi connectivity index (χ1n) is 18.4. The van der Waals surface area contributed by atoms with Crippen molar-refractivity contribution in [2.75, 3.05) is 0 Å². The summed E-state index contributed by atoms with van der Waals surface area (Å²) in [5, 5.41) is 3.48. The standard InChI is InChI=1S/C48H29N7S/c1-3-11-31(12-4-1)44-49-29-42-43(51-44)39-27-35(28-50-48(39)56-42)30-19-21-33(22-20-30)46-52-45(32-13-5-2-6-14-32)53-47(54-46)34-23-25-36(26-24-34)55-40-17-9-7-15-37(40)38-16-8-10-18-41(38)55/h1-29H. The van der Waals surface area contributed by atoms with Crippen molar-refractivity contribution in [3.63, 3.8) is 0 Å². The van der Waals surface area contributed by atoms with Gasteiger partial charge in [0, 0.05) is 62.1 Å². The van der Waals surface area contributed by atoms with Gasteiger partial charge >= 0.3 is 0 Å². The molecule has 0 N–H and O–H groups in total. The van der Waals surface area contributed by atoms with E-state index in [0.29, 0.717) is 23.3 Å². The van der Waals surface area contributed by atoms with Crippen LogP contribution >= 0.6 is 11.3 Å². The molecule has 0 saturated heterocycles. The average Bonchev–Trinajstić information content (AvgIpc) is 3.82. The second-order valence-electron chi connectivity index (χ2n) is 13.6. The van der Waals surface area contributed by atoms with Crippen LogP contribution in [0.1, 0.15) is 0 Å². The first-order valence-corrected chi connectivity index (χ1v) is 19.2. The molecular formula is C48H29N7S. The molecule has 0 atom stereocenters. The van der Waals surface area contributed by atoms with E-state index in [1.54, 1.807) is 11.3 Å². The zero-order chi connectivity index (χ0) is 37.0. The number of thiophene rings is 1. The van der Waals surface area contributed by atoms with Gasteiger partial charge in [-0.15, -0.1) is 11.3 Å². The van der Waals surface area contributed by atoms with E-state index in [1.807, 2.05) is 73.1 Å². The summed E-state index contributed by atoms with van der Waals surface area (Å²) >= 11 is 1.61. The molecule has 0 unspecified atom stereocenters. The highest BCUT2D eigenvalue weighted by atomic mass is 32.1. The number of nitrogens with zero attached hydrogens (tertiary/aromatic N) is 7. The third kappa shape index (κ3) is 5.51. The van der Waals surface area contributed by atoms with Crippen LogP contribution in [0.3, 0.4) is 0 Å². The predicted octanol–water partition coefficient (Wildman–Crippen LogP) is 11.9. The lowest BCUT2D eigenvalue weighted by Crippen LogP contribution is -2.00. The number of pyridine rings is 1. The Morgan fingerprint density at radius 3 is 1.48 bits per heavy atom. The number of rotatable bonds is 6. The second-order valence-corrected chi connectivity index (χ2v) is 14.6. The molecule has 11 rings (SSSR count). The number of para-hydroxylation sites is 2. The zero-order valence-corrected chi connectivity index (χ0v) is 30.6. The van der Waals surface area contributed by atoms with Crippen LogP contribution in [-0.2, 0) is 0 Å². The zero-order valence-electron chi connectivity index (χ0n) is 29.8. The average molecular weight is 736 g/mol. The quantitative estimate of drug-likeness (QED) is 0.169. The van der Waals surface area contributed by atoms with Crippen molar-refractivity contribution in [3.8, 4) is 62.4 Å². The highest BCUT2D eigenvalue weighted by Crippen LogP contribution is 2.36. The highest BCUT2D eigenvalue weighted by molar-refractivity contribution is 7.25. The molecule has 0 aliphatic carbocycles. The molecule has 56 heavy (non-hydrogen) atoms. The minimum atomic E-state index is 0.606. The summed E-state index contributed by atoms with van der Waals surface area (Å²) in [5.41, 5.74) is 10.1. The van der Waals surface area contributed by atoms with Crippen molar-refractivity contribution in [1.82, 2.24) is 34.5 Å². The SMILES string of the molecule is c1ccc(-c2nc(-c3ccc(-c4cnc5sc6cnc(-c7ccccc7)nc6c5c4)cc3)nc(-c3ccc(-n4c5ccccc5c5ccccc54)cc3)n2)cc1. The molecule has 0 spiro atoms. The third-order valence-electron chi connectivity index (χ3n) is 10.2. The Morgan fingerprint density at radius 2 is 0.875 bits per heavy atom. The van der Waals surface area contributed by atoms with Gasteiger partial charge in [-0.3, -0.25) is 0 Å². The van der Waals surface area contributed by atoms with Gasteiger partial charge in [-0.25, -0.2) is 29.9 Å². The van der Waals surface area contributed by atoms with Crippen LogP contribution in [0.25, 0.3) is 105 Å². The van der Waals surface area contributed by atoms with E-state index in [4.69, 9.17) is 24.9 Å². The monoisotopic (exact) mass is 735 g/mol. The van der Waals surface area contributed by atoms with E-state index in [9.17, 15) is 0 Å². The minimum absolute atomic E-state index is 0.606. The summed E-state index contributed by atoms with van der Waals surface area (Å²) in [4.78, 5) is 30.4. The summed E-state index contributed by atoms with van der Waals surface area (Å²) in [6.45, 7) is 0. The fourth-order valence-corrected chi connectivity index (χ4v) is 8.39. The van der Waals surface area contributed by atoms with E-state index in [1.165, 1.54) is 21.8 Å². The molecule has 0 aliphatic rings. The molecule has 0 bridgehead atoms. The predicted molar refractivity (Wildman–Crippen MR) is 228 cm³/mol. The number of aromatic nitrogens is 7. The Bertz CT molecular complexity index is 3180. The maximum Gasteiger partial charge on any atom is 0.164 e. The van der Waals surface area contributed by atoms with Crippen LogP contribution in [0.5, 0.6) is 0 Å². The first-order chi connectivity index (χ1) is 27.7. The second kappa shape index (κ2) is 13.2. The van der Waals surface area contributed by atoms with Gasteiger partial charge in [0.25, 0.3) is 0 Å². The van der Waals surface area contributed by atoms with Crippen LogP contribution in [0, 0.1) is 0 Å². The van der Waals surface area contributed by atoms with E-state index < -0.39 is 0 Å². The lowest BCUT2D eigenvalue weighted by molar-refractivity contribution is 1.07. The van der Waals surface area contributed by atoms with Gasteiger partial charge in [0.15, 0.2) is 23.3 Å². The van der Waals surface area contributed by atoms with Gasteiger partial charge in [-0.2, -0.15) is 0 Å². The Balaban J connectivity index is 0.960. The Labute approximate surface area is 325 Å². The Hall–Kier alpha value is -7.42. The van der Waals surface area contributed by atoms with Crippen molar-refractivity contribution in [1.29, 1.82) is 0 Å². The van der Waals surface area contributed by atoms with Crippen molar-refractivity contribution < 1.29 is 0 Å². The minimum Gasteiger partial charge on any atom is -0.309 e. The number of hydrogen-bond acceptors (Lipinski definition) is 7. The molecule has 7 nitrogen and oxygen atoms in total. The van der Waals surface area contributed by atoms with E-state index in [2.05, 4.69) is 113 Å². The largest absolute Gasteiger partial charge is 0.309 e. The molecule has 0 amide bonds. The molecule has 5 aromatic heterocycles. The Kier molecular flexibility index (Phi) is 7.53. The third-order valence-corrected chi connectivity index (χ3v) is 11.2. The molecule has 11 aromatic rings. The molecule has 0 fully saturated rings. The molecule has 6 aromatic carbocycles. The number of hydrogen-bond donors (Lipinski definition) is 0. The van der Waals surface area contributed by atoms with Crippen LogP contribution in [0.15, 0.2) is 176 Å². The van der Waals surface area contributed by atoms with Crippen LogP contribution in [0.4, 0.5) is 0 Å². The molecule has 8 heteroatoms. The van der Waals surface area contributed by atoms with Gasteiger partial charge < -0.3 is 4.57 Å². The fraction of sp³-hybridized carbons (Fsp3) is 0. The number of fused-ring (bicyclic) bond motifs is 6. The summed E-state index contributed by atoms with van der Waals surface area (Å²) < 4.78 is 3.33. The van der Waals surface area contributed by atoms with Crippen molar-refractivity contribution in [3.05, 3.63) is 176 Å². The van der Waals surface area contributed by atoms with E-state index in [0.717, 1.165) is 59.5 Å². The maximum atomic E-state index is 5.04. The summed E-state index contributed by atoms with van der Waals surface area (Å²) in [6, 6.07) is 56.2. The van der Waals surface area contributed by atoms with Gasteiger partial charge in [0.1, 0.15) is 4.83 Å². The number of benzene rings is 6. The lowest BCUT2D eigenvalue weighted by Gasteiger charge is -2.11. The normalized spacial score (nSPS) is 11.6. The van der Waals surface area contributed by atoms with E-state index >= 15 is 0 Å². The fourth-order valence-electron chi connectivity index (χ4n) is 7.45. The highest BCUT2D eigenvalue weighted by Gasteiger charge is 2.16. The summed E-state index contributed by atoms with van der Waals surface area (Å²) in [5.74, 6) is 2.55. The van der Waals surface area contributed by atoms with Gasteiger partial charge in [0.2, 0.25) is 0 Å². The molecule has 0 aliphatic heterocycles. The first kappa shape index (κ1) is 32.0. The lowest BCUT2D eigenvalue weighted by atomic mass is 10.0. The van der Waals surface area contributed by atoms with Crippen molar-refractivity contribution in [2.45, 2.75) is 0 Å². The maximum absolute atomic E-state index is 5.04. The Morgan fingerprint density at radius 1 is 0.375 bits per heavy atom. The molecule has 0 saturated carbocycles. The topological polar surface area (TPSA) is 82.3 Å². The summed E-state index contributed by atoms with van der Waals surface area (Å²) in [7, 11) is 0. The van der Waals surface area contributed by atoms with Crippen LogP contribution < -0.4 is 0 Å². The van der Waals surface area contributed by atoms with Crippen LogP contribution in [-0.4, -0.2) is 34.5 Å². The van der Waals surface area contributed by atoms with Crippen molar-refractivity contribution in [2.24, 2.45) is 0 Å². The summed E-state index contributed by atoms with van der Waals surface area (Å²) in [6.07, 6.45) is 3.83. The molecule has 5 heterocycles. The molecule has 262 valence electrons. The molecular weight excluding hydrogens is 707 g/mol.